The third-order valence-corrected chi connectivity index (χ3v) is 5.16. The van der Waals surface area contributed by atoms with Crippen LogP contribution in [0.2, 0.25) is 0 Å². The Bertz CT molecular complexity index is 836. The topological polar surface area (TPSA) is 42.0 Å². The molecule has 0 fully saturated rings. The predicted octanol–water partition coefficient (Wildman–Crippen LogP) is 3.64. The second kappa shape index (κ2) is 8.50. The zero-order chi connectivity index (χ0) is 20.3. The summed E-state index contributed by atoms with van der Waals surface area (Å²) in [7, 11) is 3.23. The van der Waals surface area contributed by atoms with Crippen molar-refractivity contribution in [1.82, 2.24) is 4.90 Å². The Balaban J connectivity index is 1.75. The lowest BCUT2D eigenvalue weighted by Crippen LogP contribution is -2.45. The van der Waals surface area contributed by atoms with E-state index in [4.69, 9.17) is 9.47 Å². The van der Waals surface area contributed by atoms with Gasteiger partial charge in [-0.2, -0.15) is 0 Å². The van der Waals surface area contributed by atoms with Crippen LogP contribution in [0.15, 0.2) is 36.4 Å². The van der Waals surface area contributed by atoms with Gasteiger partial charge in [-0.15, -0.1) is 0 Å². The Morgan fingerprint density at radius 3 is 2.29 bits per heavy atom. The summed E-state index contributed by atoms with van der Waals surface area (Å²) in [6, 6.07) is 10.3. The average molecular weight is 386 g/mol. The summed E-state index contributed by atoms with van der Waals surface area (Å²) in [6.07, 6.45) is 0.777. The van der Waals surface area contributed by atoms with Crippen LogP contribution in [0.3, 0.4) is 0 Å². The molecule has 0 unspecified atom stereocenters. The summed E-state index contributed by atoms with van der Waals surface area (Å²) >= 11 is 0. The third-order valence-electron chi connectivity index (χ3n) is 5.16. The summed E-state index contributed by atoms with van der Waals surface area (Å²) in [5.74, 6) is 1.16. The van der Waals surface area contributed by atoms with Crippen LogP contribution in [0, 0.1) is 5.82 Å². The van der Waals surface area contributed by atoms with Gasteiger partial charge < -0.3 is 19.3 Å². The number of hydrogen-bond acceptors (Lipinski definition) is 4. The molecular formula is C22H27FN2O3. The van der Waals surface area contributed by atoms with Crippen molar-refractivity contribution in [3.63, 3.8) is 0 Å². The molecule has 2 aromatic rings. The number of halogens is 1. The Morgan fingerprint density at radius 2 is 1.71 bits per heavy atom. The van der Waals surface area contributed by atoms with Gasteiger partial charge in [0, 0.05) is 24.8 Å². The number of methoxy groups -OCH3 is 2. The van der Waals surface area contributed by atoms with Gasteiger partial charge in [-0.1, -0.05) is 0 Å². The van der Waals surface area contributed by atoms with Crippen molar-refractivity contribution < 1.29 is 18.7 Å². The molecule has 0 saturated heterocycles. The molecule has 0 aromatic heterocycles. The molecule has 5 nitrogen and oxygen atoms in total. The SMILES string of the molecule is COc1cc2c(cc1OC)CN(C(=O)CN(c1ccc(F)cc1)C(C)C)CC2. The summed E-state index contributed by atoms with van der Waals surface area (Å²) in [5.41, 5.74) is 3.10. The highest BCUT2D eigenvalue weighted by atomic mass is 19.1. The number of carbonyl (C=O) groups excluding carboxylic acids is 1. The van der Waals surface area contributed by atoms with Crippen LogP contribution in [-0.4, -0.2) is 44.2 Å². The third kappa shape index (κ3) is 4.21. The van der Waals surface area contributed by atoms with Crippen molar-refractivity contribution in [2.24, 2.45) is 0 Å². The Morgan fingerprint density at radius 1 is 1.11 bits per heavy atom. The molecule has 1 aliphatic heterocycles. The molecule has 3 rings (SSSR count). The van der Waals surface area contributed by atoms with E-state index in [9.17, 15) is 9.18 Å². The summed E-state index contributed by atoms with van der Waals surface area (Å²) in [4.78, 5) is 16.9. The van der Waals surface area contributed by atoms with Gasteiger partial charge in [0.05, 0.1) is 20.8 Å². The number of amides is 1. The molecule has 0 N–H and O–H groups in total. The predicted molar refractivity (Wildman–Crippen MR) is 108 cm³/mol. The van der Waals surface area contributed by atoms with Crippen LogP contribution in [0.5, 0.6) is 11.5 Å². The first-order valence-corrected chi connectivity index (χ1v) is 9.46. The minimum Gasteiger partial charge on any atom is -0.493 e. The lowest BCUT2D eigenvalue weighted by molar-refractivity contribution is -0.130. The molecule has 0 spiro atoms. The summed E-state index contributed by atoms with van der Waals surface area (Å²) in [5, 5.41) is 0. The lowest BCUT2D eigenvalue weighted by atomic mass is 9.98. The number of benzene rings is 2. The fraction of sp³-hybridized carbons (Fsp3) is 0.409. The maximum absolute atomic E-state index is 13.2. The minimum absolute atomic E-state index is 0.0541. The lowest BCUT2D eigenvalue weighted by Gasteiger charge is -2.34. The van der Waals surface area contributed by atoms with Crippen LogP contribution < -0.4 is 14.4 Å². The van der Waals surface area contributed by atoms with Crippen molar-refractivity contribution >= 4 is 11.6 Å². The number of fused-ring (bicyclic) bond motifs is 1. The van der Waals surface area contributed by atoms with E-state index in [1.54, 1.807) is 26.4 Å². The normalized spacial score (nSPS) is 13.3. The summed E-state index contributed by atoms with van der Waals surface area (Å²) in [6.45, 7) is 5.52. The summed E-state index contributed by atoms with van der Waals surface area (Å²) < 4.78 is 24.0. The van der Waals surface area contributed by atoms with E-state index in [1.807, 2.05) is 35.8 Å². The Labute approximate surface area is 165 Å². The van der Waals surface area contributed by atoms with Gasteiger partial charge in [-0.05, 0) is 67.8 Å². The average Bonchev–Trinajstić information content (AvgIpc) is 2.70. The maximum atomic E-state index is 13.2. The van der Waals surface area contributed by atoms with Crippen LogP contribution in [0.25, 0.3) is 0 Å². The van der Waals surface area contributed by atoms with Gasteiger partial charge in [0.15, 0.2) is 11.5 Å². The van der Waals surface area contributed by atoms with E-state index in [-0.39, 0.29) is 24.3 Å². The largest absolute Gasteiger partial charge is 0.493 e. The first-order valence-electron chi connectivity index (χ1n) is 9.46. The van der Waals surface area contributed by atoms with E-state index >= 15 is 0 Å². The molecule has 0 aliphatic carbocycles. The molecule has 0 bridgehead atoms. The maximum Gasteiger partial charge on any atom is 0.242 e. The van der Waals surface area contributed by atoms with Crippen molar-refractivity contribution in [3.05, 3.63) is 53.3 Å². The van der Waals surface area contributed by atoms with Gasteiger partial charge in [-0.25, -0.2) is 4.39 Å². The van der Waals surface area contributed by atoms with E-state index in [0.717, 1.165) is 17.7 Å². The van der Waals surface area contributed by atoms with E-state index in [0.29, 0.717) is 24.6 Å². The quantitative estimate of drug-likeness (QED) is 0.760. The van der Waals surface area contributed by atoms with Crippen LogP contribution >= 0.6 is 0 Å². The number of nitrogens with zero attached hydrogens (tertiary/aromatic N) is 2. The smallest absolute Gasteiger partial charge is 0.242 e. The fourth-order valence-corrected chi connectivity index (χ4v) is 3.55. The van der Waals surface area contributed by atoms with Crippen LogP contribution in [0.4, 0.5) is 10.1 Å². The molecule has 0 saturated carbocycles. The molecule has 1 heterocycles. The molecule has 0 radical (unpaired) electrons. The molecular weight excluding hydrogens is 359 g/mol. The second-order valence-corrected chi connectivity index (χ2v) is 7.24. The number of ether oxygens (including phenoxy) is 2. The molecule has 1 amide bonds. The molecule has 150 valence electrons. The minimum atomic E-state index is -0.282. The van der Waals surface area contributed by atoms with Crippen molar-refractivity contribution in [1.29, 1.82) is 0 Å². The first-order chi connectivity index (χ1) is 13.4. The van der Waals surface area contributed by atoms with Gasteiger partial charge in [0.2, 0.25) is 5.91 Å². The van der Waals surface area contributed by atoms with Crippen LogP contribution in [-0.2, 0) is 17.8 Å². The van der Waals surface area contributed by atoms with Crippen molar-refractivity contribution in [3.8, 4) is 11.5 Å². The zero-order valence-electron chi connectivity index (χ0n) is 16.9. The first kappa shape index (κ1) is 20.0. The van der Waals surface area contributed by atoms with Gasteiger partial charge in [0.25, 0.3) is 0 Å². The second-order valence-electron chi connectivity index (χ2n) is 7.24. The highest BCUT2D eigenvalue weighted by molar-refractivity contribution is 5.82. The van der Waals surface area contributed by atoms with Gasteiger partial charge in [-0.3, -0.25) is 4.79 Å². The van der Waals surface area contributed by atoms with Gasteiger partial charge >= 0.3 is 0 Å². The number of rotatable bonds is 6. The highest BCUT2D eigenvalue weighted by Crippen LogP contribution is 2.33. The molecule has 6 heteroatoms. The standard InChI is InChI=1S/C22H27FN2O3/c1-15(2)25(19-7-5-18(23)6-8-19)14-22(26)24-10-9-16-11-20(27-3)21(28-4)12-17(16)13-24/h5-8,11-12,15H,9-10,13-14H2,1-4H3. The van der Waals surface area contributed by atoms with Gasteiger partial charge in [0.1, 0.15) is 5.82 Å². The molecule has 28 heavy (non-hydrogen) atoms. The monoisotopic (exact) mass is 386 g/mol. The number of anilines is 1. The van der Waals surface area contributed by atoms with E-state index in [2.05, 4.69) is 0 Å². The van der Waals surface area contributed by atoms with Crippen molar-refractivity contribution in [2.45, 2.75) is 32.9 Å². The van der Waals surface area contributed by atoms with Crippen LogP contribution in [0.1, 0.15) is 25.0 Å². The number of hydrogen-bond donors (Lipinski definition) is 0. The Hall–Kier alpha value is -2.76. The highest BCUT2D eigenvalue weighted by Gasteiger charge is 2.25. The van der Waals surface area contributed by atoms with E-state index in [1.165, 1.54) is 17.7 Å². The zero-order valence-corrected chi connectivity index (χ0v) is 16.9. The van der Waals surface area contributed by atoms with E-state index < -0.39 is 0 Å². The number of carbonyl (C=O) groups is 1. The molecule has 2 aromatic carbocycles. The fourth-order valence-electron chi connectivity index (χ4n) is 3.55. The Kier molecular flexibility index (Phi) is 6.07. The molecule has 1 aliphatic rings. The molecule has 0 atom stereocenters. The van der Waals surface area contributed by atoms with Crippen molar-refractivity contribution in [2.75, 3.05) is 32.2 Å².